The fourth-order valence-corrected chi connectivity index (χ4v) is 1.61. The van der Waals surface area contributed by atoms with E-state index in [1.54, 1.807) is 0 Å². The van der Waals surface area contributed by atoms with Gasteiger partial charge in [-0.2, -0.15) is 13.2 Å². The van der Waals surface area contributed by atoms with Crippen LogP contribution in [0.2, 0.25) is 0 Å². The lowest BCUT2D eigenvalue weighted by atomic mass is 10.2. The van der Waals surface area contributed by atoms with Gasteiger partial charge in [-0.15, -0.1) is 5.10 Å². The smallest absolute Gasteiger partial charge is 0.416 e. The highest BCUT2D eigenvalue weighted by molar-refractivity contribution is 5.94. The molecule has 0 aliphatic rings. The standard InChI is InChI=1S/C12H10F3N3O2/c1-20-11-9(10(16)19)6-18(17-11)8-4-2-7(3-5-8)12(13,14)15/h2-6H,1H3,(H2,16,19). The molecule has 0 aliphatic carbocycles. The number of hydrogen-bond donors (Lipinski definition) is 1. The average Bonchev–Trinajstić information content (AvgIpc) is 2.82. The first-order valence-electron chi connectivity index (χ1n) is 5.44. The molecule has 0 aliphatic heterocycles. The van der Waals surface area contributed by atoms with Crippen LogP contribution in [0, 0.1) is 0 Å². The molecule has 1 heterocycles. The highest BCUT2D eigenvalue weighted by Gasteiger charge is 2.30. The Morgan fingerprint density at radius 1 is 1.30 bits per heavy atom. The van der Waals surface area contributed by atoms with E-state index in [2.05, 4.69) is 5.10 Å². The number of nitrogens with zero attached hydrogens (tertiary/aromatic N) is 2. The zero-order chi connectivity index (χ0) is 14.9. The Kier molecular flexibility index (Phi) is 3.39. The number of benzene rings is 1. The molecular weight excluding hydrogens is 275 g/mol. The van der Waals surface area contributed by atoms with Gasteiger partial charge in [-0.05, 0) is 24.3 Å². The molecule has 2 rings (SSSR count). The molecular formula is C12H10F3N3O2. The summed E-state index contributed by atoms with van der Waals surface area (Å²) in [6.45, 7) is 0. The minimum absolute atomic E-state index is 0.0115. The molecule has 0 saturated carbocycles. The molecule has 5 nitrogen and oxygen atoms in total. The van der Waals surface area contributed by atoms with Gasteiger partial charge in [0.25, 0.3) is 5.91 Å². The number of ether oxygens (including phenoxy) is 1. The van der Waals surface area contributed by atoms with Crippen molar-refractivity contribution in [1.82, 2.24) is 9.78 Å². The molecule has 1 aromatic heterocycles. The third-order valence-electron chi connectivity index (χ3n) is 2.60. The molecule has 0 atom stereocenters. The van der Waals surface area contributed by atoms with Gasteiger partial charge in [0.15, 0.2) is 0 Å². The summed E-state index contributed by atoms with van der Waals surface area (Å²) in [5.41, 5.74) is 4.77. The lowest BCUT2D eigenvalue weighted by Crippen LogP contribution is -2.11. The number of carbonyl (C=O) groups excluding carboxylic acids is 1. The summed E-state index contributed by atoms with van der Waals surface area (Å²) < 4.78 is 43.4. The molecule has 0 bridgehead atoms. The first-order valence-corrected chi connectivity index (χ1v) is 5.44. The minimum atomic E-state index is -4.40. The Balaban J connectivity index is 2.39. The van der Waals surface area contributed by atoms with Crippen molar-refractivity contribution in [3.05, 3.63) is 41.6 Å². The number of halogens is 3. The van der Waals surface area contributed by atoms with E-state index < -0.39 is 17.6 Å². The minimum Gasteiger partial charge on any atom is -0.479 e. The van der Waals surface area contributed by atoms with Crippen LogP contribution in [-0.2, 0) is 6.18 Å². The van der Waals surface area contributed by atoms with Crippen molar-refractivity contribution in [2.75, 3.05) is 7.11 Å². The molecule has 2 N–H and O–H groups in total. The van der Waals surface area contributed by atoms with Crippen LogP contribution in [0.25, 0.3) is 5.69 Å². The van der Waals surface area contributed by atoms with Gasteiger partial charge in [-0.3, -0.25) is 4.79 Å². The first kappa shape index (κ1) is 13.9. The van der Waals surface area contributed by atoms with Gasteiger partial charge < -0.3 is 10.5 Å². The van der Waals surface area contributed by atoms with E-state index >= 15 is 0 Å². The predicted octanol–water partition coefficient (Wildman–Crippen LogP) is 2.00. The van der Waals surface area contributed by atoms with E-state index in [1.165, 1.54) is 30.1 Å². The Hall–Kier alpha value is -2.51. The van der Waals surface area contributed by atoms with Gasteiger partial charge in [-0.1, -0.05) is 0 Å². The maximum absolute atomic E-state index is 12.4. The fourth-order valence-electron chi connectivity index (χ4n) is 1.61. The summed E-state index contributed by atoms with van der Waals surface area (Å²) in [4.78, 5) is 11.2. The SMILES string of the molecule is COc1nn(-c2ccc(C(F)(F)F)cc2)cc1C(N)=O. The molecule has 0 fully saturated rings. The molecule has 1 amide bonds. The van der Waals surface area contributed by atoms with Crippen molar-refractivity contribution in [2.24, 2.45) is 5.73 Å². The molecule has 2 aromatic rings. The maximum Gasteiger partial charge on any atom is 0.416 e. The quantitative estimate of drug-likeness (QED) is 0.937. The van der Waals surface area contributed by atoms with Crippen LogP contribution in [0.5, 0.6) is 5.88 Å². The monoisotopic (exact) mass is 285 g/mol. The van der Waals surface area contributed by atoms with Crippen LogP contribution < -0.4 is 10.5 Å². The van der Waals surface area contributed by atoms with Gasteiger partial charge >= 0.3 is 6.18 Å². The Morgan fingerprint density at radius 3 is 2.30 bits per heavy atom. The summed E-state index contributed by atoms with van der Waals surface area (Å²) in [6, 6.07) is 4.32. The van der Waals surface area contributed by atoms with E-state index in [-0.39, 0.29) is 11.4 Å². The van der Waals surface area contributed by atoms with Gasteiger partial charge in [-0.25, -0.2) is 4.68 Å². The van der Waals surface area contributed by atoms with Crippen molar-refractivity contribution in [3.63, 3.8) is 0 Å². The van der Waals surface area contributed by atoms with Crippen LogP contribution >= 0.6 is 0 Å². The van der Waals surface area contributed by atoms with Crippen LogP contribution in [-0.4, -0.2) is 22.8 Å². The number of hydrogen-bond acceptors (Lipinski definition) is 3. The molecule has 0 unspecified atom stereocenters. The first-order chi connectivity index (χ1) is 9.32. The average molecular weight is 285 g/mol. The van der Waals surface area contributed by atoms with Crippen LogP contribution in [0.4, 0.5) is 13.2 Å². The number of primary amides is 1. The number of aromatic nitrogens is 2. The second kappa shape index (κ2) is 4.87. The lowest BCUT2D eigenvalue weighted by molar-refractivity contribution is -0.137. The molecule has 0 spiro atoms. The number of amides is 1. The van der Waals surface area contributed by atoms with Gasteiger partial charge in [0.05, 0.1) is 18.4 Å². The van der Waals surface area contributed by atoms with Crippen LogP contribution in [0.1, 0.15) is 15.9 Å². The van der Waals surface area contributed by atoms with E-state index in [4.69, 9.17) is 10.5 Å². The number of rotatable bonds is 3. The molecule has 20 heavy (non-hydrogen) atoms. The normalized spacial score (nSPS) is 11.4. The van der Waals surface area contributed by atoms with Gasteiger partial charge in [0.1, 0.15) is 5.56 Å². The van der Waals surface area contributed by atoms with Crippen molar-refractivity contribution in [2.45, 2.75) is 6.18 Å². The van der Waals surface area contributed by atoms with E-state index in [1.807, 2.05) is 0 Å². The second-order valence-electron chi connectivity index (χ2n) is 3.91. The highest BCUT2D eigenvalue weighted by Crippen LogP contribution is 2.29. The topological polar surface area (TPSA) is 70.1 Å². The summed E-state index contributed by atoms with van der Waals surface area (Å²) in [7, 11) is 1.31. The van der Waals surface area contributed by atoms with Crippen molar-refractivity contribution < 1.29 is 22.7 Å². The highest BCUT2D eigenvalue weighted by atomic mass is 19.4. The van der Waals surface area contributed by atoms with E-state index in [0.29, 0.717) is 5.69 Å². The largest absolute Gasteiger partial charge is 0.479 e. The predicted molar refractivity (Wildman–Crippen MR) is 63.6 cm³/mol. The lowest BCUT2D eigenvalue weighted by Gasteiger charge is -2.07. The fraction of sp³-hybridized carbons (Fsp3) is 0.167. The Morgan fingerprint density at radius 2 is 1.90 bits per heavy atom. The molecule has 8 heteroatoms. The van der Waals surface area contributed by atoms with Gasteiger partial charge in [0.2, 0.25) is 5.88 Å². The van der Waals surface area contributed by atoms with Crippen LogP contribution in [0.3, 0.4) is 0 Å². The summed E-state index contributed by atoms with van der Waals surface area (Å²) in [6.07, 6.45) is -3.11. The van der Waals surface area contributed by atoms with Crippen molar-refractivity contribution >= 4 is 5.91 Å². The van der Waals surface area contributed by atoms with Crippen LogP contribution in [0.15, 0.2) is 30.5 Å². The van der Waals surface area contributed by atoms with Gasteiger partial charge in [0, 0.05) is 6.20 Å². The third kappa shape index (κ3) is 2.58. The molecule has 0 radical (unpaired) electrons. The number of methoxy groups -OCH3 is 1. The molecule has 106 valence electrons. The number of nitrogens with two attached hydrogens (primary N) is 1. The zero-order valence-electron chi connectivity index (χ0n) is 10.3. The number of carbonyl (C=O) groups is 1. The number of alkyl halides is 3. The van der Waals surface area contributed by atoms with Crippen molar-refractivity contribution in [1.29, 1.82) is 0 Å². The zero-order valence-corrected chi connectivity index (χ0v) is 10.3. The molecule has 1 aromatic carbocycles. The van der Waals surface area contributed by atoms with E-state index in [9.17, 15) is 18.0 Å². The molecule has 0 saturated heterocycles. The summed E-state index contributed by atoms with van der Waals surface area (Å²) in [5, 5.41) is 3.92. The Labute approximate surface area is 111 Å². The second-order valence-corrected chi connectivity index (χ2v) is 3.91. The van der Waals surface area contributed by atoms with Crippen molar-refractivity contribution in [3.8, 4) is 11.6 Å². The third-order valence-corrected chi connectivity index (χ3v) is 2.60. The summed E-state index contributed by atoms with van der Waals surface area (Å²) in [5.74, 6) is -0.725. The summed E-state index contributed by atoms with van der Waals surface area (Å²) >= 11 is 0. The Bertz CT molecular complexity index is 632. The maximum atomic E-state index is 12.4. The van der Waals surface area contributed by atoms with E-state index in [0.717, 1.165) is 12.1 Å².